The van der Waals surface area contributed by atoms with Crippen molar-refractivity contribution >= 4 is 11.9 Å². The highest BCUT2D eigenvalue weighted by Crippen LogP contribution is 2.52. The van der Waals surface area contributed by atoms with Gasteiger partial charge in [-0.2, -0.15) is 0 Å². The first-order valence-electron chi connectivity index (χ1n) is 8.47. The lowest BCUT2D eigenvalue weighted by atomic mass is 9.78. The highest BCUT2D eigenvalue weighted by molar-refractivity contribution is 5.86. The summed E-state index contributed by atoms with van der Waals surface area (Å²) in [6.45, 7) is 2.11. The van der Waals surface area contributed by atoms with E-state index in [-0.39, 0.29) is 30.6 Å². The van der Waals surface area contributed by atoms with Gasteiger partial charge in [-0.15, -0.1) is 0 Å². The maximum absolute atomic E-state index is 12.7. The summed E-state index contributed by atoms with van der Waals surface area (Å²) in [5, 5.41) is 12.5. The van der Waals surface area contributed by atoms with Gasteiger partial charge in [0, 0.05) is 0 Å². The van der Waals surface area contributed by atoms with E-state index < -0.39 is 17.8 Å². The van der Waals surface area contributed by atoms with Crippen LogP contribution in [0.2, 0.25) is 0 Å². The van der Waals surface area contributed by atoms with Crippen LogP contribution in [0.5, 0.6) is 11.5 Å². The van der Waals surface area contributed by atoms with Crippen molar-refractivity contribution in [2.75, 3.05) is 6.79 Å². The number of rotatable bonds is 4. The molecule has 2 saturated carbocycles. The molecule has 1 aliphatic heterocycles. The van der Waals surface area contributed by atoms with E-state index in [1.807, 2.05) is 25.1 Å². The largest absolute Gasteiger partial charge is 0.481 e. The molecule has 0 spiro atoms. The number of carbonyl (C=O) groups excluding carboxylic acids is 1. The van der Waals surface area contributed by atoms with Gasteiger partial charge in [0.05, 0.1) is 17.9 Å². The monoisotopic (exact) mass is 331 g/mol. The lowest BCUT2D eigenvalue weighted by Crippen LogP contribution is -2.42. The van der Waals surface area contributed by atoms with Crippen molar-refractivity contribution in [3.8, 4) is 11.5 Å². The zero-order chi connectivity index (χ0) is 16.8. The van der Waals surface area contributed by atoms with Crippen molar-refractivity contribution < 1.29 is 24.2 Å². The number of fused-ring (bicyclic) bond motifs is 3. The molecule has 4 rings (SSSR count). The van der Waals surface area contributed by atoms with Crippen LogP contribution in [0.3, 0.4) is 0 Å². The zero-order valence-corrected chi connectivity index (χ0v) is 13.5. The summed E-state index contributed by atoms with van der Waals surface area (Å²) in [5.41, 5.74) is 0.919. The number of nitrogens with one attached hydrogen (secondary N) is 1. The first kappa shape index (κ1) is 15.3. The average molecular weight is 331 g/mol. The van der Waals surface area contributed by atoms with Gasteiger partial charge in [0.2, 0.25) is 12.7 Å². The molecule has 2 bridgehead atoms. The van der Waals surface area contributed by atoms with Gasteiger partial charge in [-0.25, -0.2) is 0 Å². The summed E-state index contributed by atoms with van der Waals surface area (Å²) >= 11 is 0. The number of carbonyl (C=O) groups is 2. The van der Waals surface area contributed by atoms with Gasteiger partial charge in [-0.3, -0.25) is 9.59 Å². The topological polar surface area (TPSA) is 84.9 Å². The molecule has 1 amide bonds. The van der Waals surface area contributed by atoms with Crippen LogP contribution in [0.1, 0.15) is 37.8 Å². The Morgan fingerprint density at radius 2 is 1.88 bits per heavy atom. The third kappa shape index (κ3) is 2.41. The first-order valence-corrected chi connectivity index (χ1v) is 8.47. The minimum absolute atomic E-state index is 0.139. The van der Waals surface area contributed by atoms with Crippen LogP contribution in [-0.4, -0.2) is 23.8 Å². The Morgan fingerprint density at radius 3 is 2.62 bits per heavy atom. The zero-order valence-electron chi connectivity index (χ0n) is 13.5. The lowest BCUT2D eigenvalue weighted by molar-refractivity contribution is -0.149. The van der Waals surface area contributed by atoms with Crippen molar-refractivity contribution in [1.29, 1.82) is 0 Å². The van der Waals surface area contributed by atoms with Crippen LogP contribution in [0.15, 0.2) is 18.2 Å². The van der Waals surface area contributed by atoms with Crippen LogP contribution in [0, 0.1) is 23.7 Å². The Morgan fingerprint density at radius 1 is 1.17 bits per heavy atom. The predicted octanol–water partition coefficient (Wildman–Crippen LogP) is 2.34. The molecule has 3 aliphatic rings. The van der Waals surface area contributed by atoms with Crippen LogP contribution in [0.4, 0.5) is 0 Å². The molecular formula is C18H21NO5. The van der Waals surface area contributed by atoms with Crippen molar-refractivity contribution in [1.82, 2.24) is 5.32 Å². The molecule has 5 atom stereocenters. The number of amides is 1. The summed E-state index contributed by atoms with van der Waals surface area (Å²) in [5.74, 6) is -0.166. The Bertz CT molecular complexity index is 688. The summed E-state index contributed by atoms with van der Waals surface area (Å²) in [6, 6.07) is 5.38. The van der Waals surface area contributed by atoms with E-state index in [9.17, 15) is 14.7 Å². The molecule has 0 radical (unpaired) electrons. The summed E-state index contributed by atoms with van der Waals surface area (Å²) in [4.78, 5) is 24.3. The molecule has 0 saturated heterocycles. The fourth-order valence-electron chi connectivity index (χ4n) is 4.60. The summed E-state index contributed by atoms with van der Waals surface area (Å²) < 4.78 is 10.7. The molecule has 1 aromatic rings. The van der Waals surface area contributed by atoms with Gasteiger partial charge in [0.25, 0.3) is 0 Å². The van der Waals surface area contributed by atoms with Crippen molar-refractivity contribution in [3.05, 3.63) is 23.8 Å². The van der Waals surface area contributed by atoms with E-state index in [1.54, 1.807) is 0 Å². The number of aliphatic carboxylic acids is 1. The number of hydrogen-bond acceptors (Lipinski definition) is 4. The van der Waals surface area contributed by atoms with Crippen molar-refractivity contribution in [2.24, 2.45) is 23.7 Å². The number of ether oxygens (including phenoxy) is 2. The smallest absolute Gasteiger partial charge is 0.307 e. The van der Waals surface area contributed by atoms with Crippen molar-refractivity contribution in [3.63, 3.8) is 0 Å². The fourth-order valence-corrected chi connectivity index (χ4v) is 4.60. The second-order valence-electron chi connectivity index (χ2n) is 7.07. The minimum Gasteiger partial charge on any atom is -0.481 e. The molecule has 6 heteroatoms. The standard InChI is InChI=1S/C18H21NO5/c1-9(10-4-5-13-14(7-10)24-8-23-13)19-17(20)15-11-2-3-12(6-11)16(15)18(21)22/h4-5,7,9,11-12,15-16H,2-3,6,8H2,1H3,(H,19,20)(H,21,22)/t9-,11-,12-,15-,16-/m0/s1. The molecular weight excluding hydrogens is 310 g/mol. The summed E-state index contributed by atoms with van der Waals surface area (Å²) in [7, 11) is 0. The molecule has 2 fully saturated rings. The molecule has 128 valence electrons. The molecule has 0 aromatic heterocycles. The first-order chi connectivity index (χ1) is 11.5. The van der Waals surface area contributed by atoms with E-state index in [0.29, 0.717) is 11.5 Å². The van der Waals surface area contributed by atoms with Crippen LogP contribution in [-0.2, 0) is 9.59 Å². The van der Waals surface area contributed by atoms with Gasteiger partial charge < -0.3 is 19.9 Å². The van der Waals surface area contributed by atoms with E-state index in [4.69, 9.17) is 9.47 Å². The Hall–Kier alpha value is -2.24. The highest BCUT2D eigenvalue weighted by atomic mass is 16.7. The van der Waals surface area contributed by atoms with E-state index in [2.05, 4.69) is 5.32 Å². The maximum atomic E-state index is 12.7. The van der Waals surface area contributed by atoms with Gasteiger partial charge in [-0.1, -0.05) is 6.07 Å². The van der Waals surface area contributed by atoms with Gasteiger partial charge in [0.15, 0.2) is 11.5 Å². The van der Waals surface area contributed by atoms with Gasteiger partial charge in [-0.05, 0) is 55.7 Å². The van der Waals surface area contributed by atoms with E-state index in [1.165, 1.54) is 0 Å². The molecule has 2 aliphatic carbocycles. The molecule has 2 N–H and O–H groups in total. The molecule has 6 nitrogen and oxygen atoms in total. The molecule has 1 heterocycles. The van der Waals surface area contributed by atoms with Crippen LogP contribution in [0.25, 0.3) is 0 Å². The van der Waals surface area contributed by atoms with E-state index in [0.717, 1.165) is 24.8 Å². The molecule has 0 unspecified atom stereocenters. The third-order valence-corrected chi connectivity index (χ3v) is 5.76. The van der Waals surface area contributed by atoms with Crippen molar-refractivity contribution in [2.45, 2.75) is 32.2 Å². The SMILES string of the molecule is C[C@H](NC(=O)[C@H]1[C@H]2CC[C@@H](C2)[C@@H]1C(=O)O)c1ccc2c(c1)OCO2. The quantitative estimate of drug-likeness (QED) is 0.884. The van der Waals surface area contributed by atoms with Gasteiger partial charge >= 0.3 is 5.97 Å². The maximum Gasteiger partial charge on any atom is 0.307 e. The Labute approximate surface area is 140 Å². The summed E-state index contributed by atoms with van der Waals surface area (Å²) in [6.07, 6.45) is 2.77. The number of carboxylic acids is 1. The Kier molecular flexibility index (Phi) is 3.62. The van der Waals surface area contributed by atoms with E-state index >= 15 is 0 Å². The fraction of sp³-hybridized carbons (Fsp3) is 0.556. The van der Waals surface area contributed by atoms with Crippen LogP contribution < -0.4 is 14.8 Å². The number of carboxylic acid groups (broad SMARTS) is 1. The number of hydrogen-bond donors (Lipinski definition) is 2. The van der Waals surface area contributed by atoms with Crippen LogP contribution >= 0.6 is 0 Å². The average Bonchev–Trinajstić information content (AvgIpc) is 3.28. The second-order valence-corrected chi connectivity index (χ2v) is 7.07. The lowest BCUT2D eigenvalue weighted by Gasteiger charge is -2.28. The van der Waals surface area contributed by atoms with Gasteiger partial charge in [0.1, 0.15) is 0 Å². The minimum atomic E-state index is -0.835. The normalized spacial score (nSPS) is 31.0. The predicted molar refractivity (Wildman–Crippen MR) is 84.6 cm³/mol. The third-order valence-electron chi connectivity index (χ3n) is 5.76. The second kappa shape index (κ2) is 5.69. The Balaban J connectivity index is 1.48. The number of benzene rings is 1. The molecule has 1 aromatic carbocycles. The highest BCUT2D eigenvalue weighted by Gasteiger charge is 2.54. The molecule has 24 heavy (non-hydrogen) atoms.